The van der Waals surface area contributed by atoms with Crippen LogP contribution in [-0.4, -0.2) is 50.2 Å². The van der Waals surface area contributed by atoms with Crippen molar-refractivity contribution in [1.82, 2.24) is 5.32 Å². The van der Waals surface area contributed by atoms with E-state index in [0.717, 1.165) is 38.6 Å². The second-order valence-electron chi connectivity index (χ2n) is 4.95. The van der Waals surface area contributed by atoms with Gasteiger partial charge in [-0.15, -0.1) is 0 Å². The van der Waals surface area contributed by atoms with Crippen LogP contribution < -0.4 is 5.32 Å². The van der Waals surface area contributed by atoms with Crippen LogP contribution in [0.15, 0.2) is 0 Å². The predicted octanol–water partition coefficient (Wildman–Crippen LogP) is 1.32. The first kappa shape index (κ1) is 14.9. The van der Waals surface area contributed by atoms with Gasteiger partial charge >= 0.3 is 0 Å². The van der Waals surface area contributed by atoms with Gasteiger partial charge in [-0.2, -0.15) is 0 Å². The number of methoxy groups -OCH3 is 1. The van der Waals surface area contributed by atoms with Crippen LogP contribution >= 0.6 is 0 Å². The van der Waals surface area contributed by atoms with Gasteiger partial charge in [0.15, 0.2) is 0 Å². The number of nitrogens with one attached hydrogen (secondary N) is 1. The molecule has 1 saturated carbocycles. The fourth-order valence-corrected chi connectivity index (χ4v) is 2.50. The standard InChI is InChI=1S/C13H27NO3/c1-3-7-14-13(11-15)6-4-5-12(10-13)17-9-8-16-2/h12,14-15H,3-11H2,1-2H3. The highest BCUT2D eigenvalue weighted by Gasteiger charge is 2.35. The van der Waals surface area contributed by atoms with Crippen LogP contribution in [0.3, 0.4) is 0 Å². The molecule has 4 nitrogen and oxygen atoms in total. The van der Waals surface area contributed by atoms with E-state index in [-0.39, 0.29) is 18.2 Å². The monoisotopic (exact) mass is 245 g/mol. The zero-order valence-electron chi connectivity index (χ0n) is 11.2. The van der Waals surface area contributed by atoms with E-state index in [1.165, 1.54) is 0 Å². The Labute approximate surface area is 105 Å². The lowest BCUT2D eigenvalue weighted by Crippen LogP contribution is -2.53. The van der Waals surface area contributed by atoms with Gasteiger partial charge in [-0.05, 0) is 38.6 Å². The minimum Gasteiger partial charge on any atom is -0.394 e. The summed E-state index contributed by atoms with van der Waals surface area (Å²) in [5.41, 5.74) is -0.119. The van der Waals surface area contributed by atoms with Gasteiger partial charge in [0, 0.05) is 12.6 Å². The van der Waals surface area contributed by atoms with E-state index >= 15 is 0 Å². The number of hydrogen-bond acceptors (Lipinski definition) is 4. The summed E-state index contributed by atoms with van der Waals surface area (Å²) < 4.78 is 10.8. The van der Waals surface area contributed by atoms with Crippen LogP contribution in [0.25, 0.3) is 0 Å². The topological polar surface area (TPSA) is 50.7 Å². The van der Waals surface area contributed by atoms with Gasteiger partial charge in [0.2, 0.25) is 0 Å². The van der Waals surface area contributed by atoms with Crippen LogP contribution in [0.1, 0.15) is 39.0 Å². The number of ether oxygens (including phenoxy) is 2. The second-order valence-corrected chi connectivity index (χ2v) is 4.95. The van der Waals surface area contributed by atoms with Gasteiger partial charge in [0.25, 0.3) is 0 Å². The van der Waals surface area contributed by atoms with Crippen molar-refractivity contribution in [2.24, 2.45) is 0 Å². The summed E-state index contributed by atoms with van der Waals surface area (Å²) in [4.78, 5) is 0. The molecule has 17 heavy (non-hydrogen) atoms. The van der Waals surface area contributed by atoms with E-state index in [9.17, 15) is 5.11 Å². The van der Waals surface area contributed by atoms with E-state index in [1.54, 1.807) is 7.11 Å². The van der Waals surface area contributed by atoms with E-state index in [1.807, 2.05) is 0 Å². The number of aliphatic hydroxyl groups excluding tert-OH is 1. The Hall–Kier alpha value is -0.160. The molecule has 0 aromatic carbocycles. The molecule has 0 aromatic rings. The molecule has 0 aromatic heterocycles. The highest BCUT2D eigenvalue weighted by atomic mass is 16.5. The maximum Gasteiger partial charge on any atom is 0.0704 e. The van der Waals surface area contributed by atoms with E-state index < -0.39 is 0 Å². The SMILES string of the molecule is CCCNC1(CO)CCCC(OCCOC)C1. The Kier molecular flexibility index (Phi) is 7.04. The third-order valence-electron chi connectivity index (χ3n) is 3.49. The molecule has 1 aliphatic rings. The maximum atomic E-state index is 9.61. The second kappa shape index (κ2) is 8.03. The third kappa shape index (κ3) is 4.92. The van der Waals surface area contributed by atoms with Crippen LogP contribution in [0.5, 0.6) is 0 Å². The molecule has 102 valence electrons. The average molecular weight is 245 g/mol. The Balaban J connectivity index is 2.38. The quantitative estimate of drug-likeness (QED) is 0.633. The Bertz CT molecular complexity index is 201. The smallest absolute Gasteiger partial charge is 0.0704 e. The number of aliphatic hydroxyl groups is 1. The van der Waals surface area contributed by atoms with Gasteiger partial charge < -0.3 is 19.9 Å². The Morgan fingerprint density at radius 3 is 2.88 bits per heavy atom. The minimum absolute atomic E-state index is 0.119. The molecule has 2 N–H and O–H groups in total. The molecule has 2 atom stereocenters. The summed E-state index contributed by atoms with van der Waals surface area (Å²) in [7, 11) is 1.69. The zero-order chi connectivity index (χ0) is 12.6. The van der Waals surface area contributed by atoms with Crippen molar-refractivity contribution in [2.45, 2.75) is 50.7 Å². The van der Waals surface area contributed by atoms with E-state index in [2.05, 4.69) is 12.2 Å². The Morgan fingerprint density at radius 1 is 1.41 bits per heavy atom. The molecule has 0 aliphatic heterocycles. The van der Waals surface area contributed by atoms with Crippen molar-refractivity contribution < 1.29 is 14.6 Å². The fraction of sp³-hybridized carbons (Fsp3) is 1.00. The van der Waals surface area contributed by atoms with Crippen LogP contribution in [0.2, 0.25) is 0 Å². The highest BCUT2D eigenvalue weighted by molar-refractivity contribution is 4.93. The summed E-state index contributed by atoms with van der Waals surface area (Å²) in [5, 5.41) is 13.1. The summed E-state index contributed by atoms with van der Waals surface area (Å²) in [6.45, 7) is 4.61. The molecule has 1 fully saturated rings. The molecule has 1 rings (SSSR count). The predicted molar refractivity (Wildman–Crippen MR) is 68.2 cm³/mol. The summed E-state index contributed by atoms with van der Waals surface area (Å²) in [5.74, 6) is 0. The minimum atomic E-state index is -0.119. The van der Waals surface area contributed by atoms with Crippen LogP contribution in [0, 0.1) is 0 Å². The molecule has 0 saturated heterocycles. The molecular formula is C13H27NO3. The maximum absolute atomic E-state index is 9.61. The Morgan fingerprint density at radius 2 is 2.24 bits per heavy atom. The first-order valence-electron chi connectivity index (χ1n) is 6.73. The van der Waals surface area contributed by atoms with Crippen molar-refractivity contribution in [3.05, 3.63) is 0 Å². The molecule has 2 unspecified atom stereocenters. The van der Waals surface area contributed by atoms with Gasteiger partial charge in [-0.3, -0.25) is 0 Å². The van der Waals surface area contributed by atoms with Crippen LogP contribution in [-0.2, 0) is 9.47 Å². The van der Waals surface area contributed by atoms with Gasteiger partial charge in [-0.25, -0.2) is 0 Å². The molecule has 1 aliphatic carbocycles. The summed E-state index contributed by atoms with van der Waals surface area (Å²) >= 11 is 0. The number of rotatable bonds is 8. The van der Waals surface area contributed by atoms with Crippen molar-refractivity contribution in [3.8, 4) is 0 Å². The average Bonchev–Trinajstić information content (AvgIpc) is 2.37. The van der Waals surface area contributed by atoms with Crippen molar-refractivity contribution in [2.75, 3.05) is 33.5 Å². The molecule has 4 heteroatoms. The van der Waals surface area contributed by atoms with Crippen LogP contribution in [0.4, 0.5) is 0 Å². The lowest BCUT2D eigenvalue weighted by atomic mass is 9.80. The lowest BCUT2D eigenvalue weighted by Gasteiger charge is -2.40. The molecule has 0 spiro atoms. The van der Waals surface area contributed by atoms with E-state index in [0.29, 0.717) is 13.2 Å². The summed E-state index contributed by atoms with van der Waals surface area (Å²) in [6.07, 6.45) is 5.53. The fourth-order valence-electron chi connectivity index (χ4n) is 2.50. The first-order chi connectivity index (χ1) is 8.26. The molecule has 0 amide bonds. The first-order valence-corrected chi connectivity index (χ1v) is 6.73. The van der Waals surface area contributed by atoms with E-state index in [4.69, 9.17) is 9.47 Å². The van der Waals surface area contributed by atoms with Gasteiger partial charge in [0.05, 0.1) is 25.9 Å². The van der Waals surface area contributed by atoms with Gasteiger partial charge in [0.1, 0.15) is 0 Å². The number of hydrogen-bond donors (Lipinski definition) is 2. The zero-order valence-corrected chi connectivity index (χ0v) is 11.2. The normalized spacial score (nSPS) is 29.5. The molecule has 0 radical (unpaired) electrons. The molecular weight excluding hydrogens is 218 g/mol. The van der Waals surface area contributed by atoms with Crippen molar-refractivity contribution in [3.63, 3.8) is 0 Å². The largest absolute Gasteiger partial charge is 0.394 e. The molecule has 0 bridgehead atoms. The summed E-state index contributed by atoms with van der Waals surface area (Å²) in [6, 6.07) is 0. The third-order valence-corrected chi connectivity index (χ3v) is 3.49. The highest BCUT2D eigenvalue weighted by Crippen LogP contribution is 2.29. The van der Waals surface area contributed by atoms with Gasteiger partial charge in [-0.1, -0.05) is 6.92 Å². The van der Waals surface area contributed by atoms with Crippen molar-refractivity contribution in [1.29, 1.82) is 0 Å². The van der Waals surface area contributed by atoms with Crippen molar-refractivity contribution >= 4 is 0 Å². The molecule has 0 heterocycles. The lowest BCUT2D eigenvalue weighted by molar-refractivity contribution is -0.0320.